The van der Waals surface area contributed by atoms with Gasteiger partial charge in [-0.3, -0.25) is 10.1 Å². The first kappa shape index (κ1) is 14.0. The van der Waals surface area contributed by atoms with Gasteiger partial charge in [0.05, 0.1) is 4.92 Å². The Bertz CT molecular complexity index is 599. The van der Waals surface area contributed by atoms with Crippen LogP contribution in [0.15, 0.2) is 42.6 Å². The topological polar surface area (TPSA) is 68.1 Å². The Balaban J connectivity index is 2.04. The summed E-state index contributed by atoms with van der Waals surface area (Å²) in [6.45, 7) is 3.88. The second kappa shape index (κ2) is 6.14. The number of aryl methyl sites for hydroxylation is 1. The smallest absolute Gasteiger partial charge is 0.287 e. The summed E-state index contributed by atoms with van der Waals surface area (Å²) in [5, 5.41) is 14.0. The Hall–Kier alpha value is -2.43. The number of benzene rings is 1. The van der Waals surface area contributed by atoms with E-state index in [1.807, 2.05) is 25.1 Å². The van der Waals surface area contributed by atoms with E-state index in [1.165, 1.54) is 17.8 Å². The van der Waals surface area contributed by atoms with Crippen LogP contribution in [0.2, 0.25) is 0 Å². The van der Waals surface area contributed by atoms with E-state index in [0.29, 0.717) is 5.82 Å². The van der Waals surface area contributed by atoms with Crippen LogP contribution in [-0.2, 0) is 6.42 Å². The van der Waals surface area contributed by atoms with Crippen molar-refractivity contribution >= 4 is 11.5 Å². The molecule has 104 valence electrons. The predicted octanol–water partition coefficient (Wildman–Crippen LogP) is 3.34. The van der Waals surface area contributed by atoms with Crippen LogP contribution in [0.1, 0.15) is 18.1 Å². The highest BCUT2D eigenvalue weighted by Crippen LogP contribution is 2.19. The molecule has 20 heavy (non-hydrogen) atoms. The molecule has 5 heteroatoms. The number of aromatic nitrogens is 1. The average molecular weight is 271 g/mol. The minimum Gasteiger partial charge on any atom is -0.367 e. The Kier molecular flexibility index (Phi) is 4.30. The lowest BCUT2D eigenvalue weighted by molar-refractivity contribution is -0.385. The highest BCUT2D eigenvalue weighted by molar-refractivity contribution is 5.48. The minimum atomic E-state index is -0.433. The number of hydrogen-bond acceptors (Lipinski definition) is 4. The molecule has 1 aromatic carbocycles. The Morgan fingerprint density at radius 2 is 2.05 bits per heavy atom. The van der Waals surface area contributed by atoms with Crippen molar-refractivity contribution in [1.29, 1.82) is 0 Å². The van der Waals surface area contributed by atoms with Gasteiger partial charge in [-0.1, -0.05) is 30.3 Å². The largest absolute Gasteiger partial charge is 0.367 e. The molecule has 1 N–H and O–H groups in total. The molecular weight excluding hydrogens is 254 g/mol. The third-order valence-electron chi connectivity index (χ3n) is 3.04. The van der Waals surface area contributed by atoms with E-state index < -0.39 is 4.92 Å². The van der Waals surface area contributed by atoms with E-state index >= 15 is 0 Å². The molecule has 0 aliphatic heterocycles. The first-order valence-electron chi connectivity index (χ1n) is 6.48. The summed E-state index contributed by atoms with van der Waals surface area (Å²) in [5.41, 5.74) is 2.04. The van der Waals surface area contributed by atoms with E-state index in [4.69, 9.17) is 0 Å². The summed E-state index contributed by atoms with van der Waals surface area (Å²) in [6.07, 6.45) is 2.16. The van der Waals surface area contributed by atoms with Gasteiger partial charge < -0.3 is 5.32 Å². The molecule has 2 aromatic rings. The van der Waals surface area contributed by atoms with Crippen molar-refractivity contribution in [2.75, 3.05) is 5.32 Å². The molecular formula is C15H17N3O2. The second-order valence-electron chi connectivity index (χ2n) is 4.85. The van der Waals surface area contributed by atoms with Crippen molar-refractivity contribution in [3.05, 3.63) is 63.8 Å². The van der Waals surface area contributed by atoms with Crippen LogP contribution < -0.4 is 5.32 Å². The number of pyridine rings is 1. The van der Waals surface area contributed by atoms with Crippen LogP contribution in [0.3, 0.4) is 0 Å². The number of anilines is 1. The van der Waals surface area contributed by atoms with E-state index in [9.17, 15) is 10.1 Å². The normalized spacial score (nSPS) is 11.9. The minimum absolute atomic E-state index is 0.0174. The zero-order valence-corrected chi connectivity index (χ0v) is 11.5. The Labute approximate surface area is 117 Å². The van der Waals surface area contributed by atoms with Crippen molar-refractivity contribution in [2.45, 2.75) is 26.3 Å². The number of nitrogens with one attached hydrogen (secondary N) is 1. The Morgan fingerprint density at radius 3 is 2.65 bits per heavy atom. The summed E-state index contributed by atoms with van der Waals surface area (Å²) < 4.78 is 0. The molecule has 0 bridgehead atoms. The van der Waals surface area contributed by atoms with Gasteiger partial charge in [0.15, 0.2) is 0 Å². The fourth-order valence-electron chi connectivity index (χ4n) is 2.06. The molecule has 1 unspecified atom stereocenters. The molecule has 0 aliphatic rings. The highest BCUT2D eigenvalue weighted by Gasteiger charge is 2.11. The molecule has 2 rings (SSSR count). The summed E-state index contributed by atoms with van der Waals surface area (Å²) in [6, 6.07) is 11.9. The molecule has 0 saturated carbocycles. The van der Waals surface area contributed by atoms with Gasteiger partial charge in [-0.15, -0.1) is 0 Å². The van der Waals surface area contributed by atoms with Crippen molar-refractivity contribution in [3.63, 3.8) is 0 Å². The second-order valence-corrected chi connectivity index (χ2v) is 4.85. The van der Waals surface area contributed by atoms with Gasteiger partial charge in [-0.25, -0.2) is 4.98 Å². The number of hydrogen-bond donors (Lipinski definition) is 1. The molecule has 0 fully saturated rings. The third-order valence-corrected chi connectivity index (χ3v) is 3.04. The maximum absolute atomic E-state index is 10.7. The van der Waals surface area contributed by atoms with E-state index in [0.717, 1.165) is 12.0 Å². The van der Waals surface area contributed by atoms with Crippen molar-refractivity contribution < 1.29 is 4.92 Å². The van der Waals surface area contributed by atoms with E-state index in [-0.39, 0.29) is 11.7 Å². The lowest BCUT2D eigenvalue weighted by atomic mass is 10.1. The lowest BCUT2D eigenvalue weighted by Crippen LogP contribution is -2.19. The van der Waals surface area contributed by atoms with Crippen LogP contribution in [0, 0.1) is 17.0 Å². The molecule has 0 amide bonds. The summed E-state index contributed by atoms with van der Waals surface area (Å²) in [7, 11) is 0. The van der Waals surface area contributed by atoms with Gasteiger partial charge in [0.1, 0.15) is 12.0 Å². The average Bonchev–Trinajstić information content (AvgIpc) is 2.42. The van der Waals surface area contributed by atoms with Gasteiger partial charge in [0.2, 0.25) is 0 Å². The van der Waals surface area contributed by atoms with Gasteiger partial charge in [0.25, 0.3) is 5.69 Å². The summed E-state index contributed by atoms with van der Waals surface area (Å²) >= 11 is 0. The molecule has 5 nitrogen and oxygen atoms in total. The molecule has 1 atom stereocenters. The standard InChI is InChI=1S/C15H17N3O2/c1-11-8-14(18(19)20)10-16-15(11)17-12(2)9-13-6-4-3-5-7-13/h3-8,10,12H,9H2,1-2H3,(H,16,17). The van der Waals surface area contributed by atoms with Crippen LogP contribution in [0.5, 0.6) is 0 Å². The summed E-state index contributed by atoms with van der Waals surface area (Å²) in [4.78, 5) is 14.4. The lowest BCUT2D eigenvalue weighted by Gasteiger charge is -2.16. The molecule has 0 radical (unpaired) electrons. The van der Waals surface area contributed by atoms with E-state index in [2.05, 4.69) is 29.4 Å². The van der Waals surface area contributed by atoms with Gasteiger partial charge in [-0.05, 0) is 31.4 Å². The first-order chi connectivity index (χ1) is 9.56. The Morgan fingerprint density at radius 1 is 1.35 bits per heavy atom. The molecule has 0 spiro atoms. The SMILES string of the molecule is Cc1cc([N+](=O)[O-])cnc1NC(C)Cc1ccccc1. The van der Waals surface area contributed by atoms with Crippen molar-refractivity contribution in [1.82, 2.24) is 4.98 Å². The predicted molar refractivity (Wildman–Crippen MR) is 78.9 cm³/mol. The number of nitrogens with zero attached hydrogens (tertiary/aromatic N) is 2. The van der Waals surface area contributed by atoms with Crippen LogP contribution in [0.4, 0.5) is 11.5 Å². The van der Waals surface area contributed by atoms with Crippen molar-refractivity contribution in [3.8, 4) is 0 Å². The maximum Gasteiger partial charge on any atom is 0.287 e. The van der Waals surface area contributed by atoms with Gasteiger partial charge in [0, 0.05) is 12.1 Å². The van der Waals surface area contributed by atoms with Crippen molar-refractivity contribution in [2.24, 2.45) is 0 Å². The molecule has 1 aromatic heterocycles. The van der Waals surface area contributed by atoms with Gasteiger partial charge in [-0.2, -0.15) is 0 Å². The zero-order valence-electron chi connectivity index (χ0n) is 11.5. The first-order valence-corrected chi connectivity index (χ1v) is 6.48. The molecule has 0 aliphatic carbocycles. The third kappa shape index (κ3) is 3.54. The monoisotopic (exact) mass is 271 g/mol. The number of rotatable bonds is 5. The molecule has 0 saturated heterocycles. The maximum atomic E-state index is 10.7. The van der Waals surface area contributed by atoms with Gasteiger partial charge >= 0.3 is 0 Å². The van der Waals surface area contributed by atoms with Crippen LogP contribution >= 0.6 is 0 Å². The van der Waals surface area contributed by atoms with Crippen LogP contribution in [0.25, 0.3) is 0 Å². The summed E-state index contributed by atoms with van der Waals surface area (Å²) in [5.74, 6) is 0.694. The fourth-order valence-corrected chi connectivity index (χ4v) is 2.06. The number of nitro groups is 1. The zero-order chi connectivity index (χ0) is 14.5. The molecule has 1 heterocycles. The quantitative estimate of drug-likeness (QED) is 0.669. The van der Waals surface area contributed by atoms with E-state index in [1.54, 1.807) is 0 Å². The van der Waals surface area contributed by atoms with Crippen LogP contribution in [-0.4, -0.2) is 15.9 Å². The fraction of sp³-hybridized carbons (Fsp3) is 0.267. The highest BCUT2D eigenvalue weighted by atomic mass is 16.6.